The number of fused-ring (bicyclic) bond motifs is 1. The van der Waals surface area contributed by atoms with Crippen LogP contribution in [0, 0.1) is 5.92 Å². The fourth-order valence-electron chi connectivity index (χ4n) is 2.18. The number of hydrogen-bond donors (Lipinski definition) is 1. The highest BCUT2D eigenvalue weighted by Gasteiger charge is 2.32. The van der Waals surface area contributed by atoms with Gasteiger partial charge >= 0.3 is 0 Å². The summed E-state index contributed by atoms with van der Waals surface area (Å²) in [6, 6.07) is 8.39. The molecular formula is C13H15N3. The third kappa shape index (κ3) is 1.67. The van der Waals surface area contributed by atoms with E-state index in [1.54, 1.807) is 0 Å². The molecule has 0 aliphatic heterocycles. The number of hydrogen-bond acceptors (Lipinski definition) is 3. The van der Waals surface area contributed by atoms with Gasteiger partial charge in [0.25, 0.3) is 0 Å². The Hall–Kier alpha value is -1.48. The van der Waals surface area contributed by atoms with Crippen LogP contribution in [0.3, 0.4) is 0 Å². The summed E-state index contributed by atoms with van der Waals surface area (Å²) in [6.07, 6.45) is 4.52. The summed E-state index contributed by atoms with van der Waals surface area (Å²) in [5, 5.41) is 3.34. The molecule has 3 heteroatoms. The Morgan fingerprint density at radius 1 is 1.25 bits per heavy atom. The lowest BCUT2D eigenvalue weighted by molar-refractivity contribution is 0.515. The normalized spacial score (nSPS) is 17.6. The molecule has 1 aliphatic carbocycles. The van der Waals surface area contributed by atoms with Crippen LogP contribution in [-0.2, 0) is 0 Å². The molecule has 1 aromatic carbocycles. The fraction of sp³-hybridized carbons (Fsp3) is 0.385. The van der Waals surface area contributed by atoms with Crippen molar-refractivity contribution in [2.45, 2.75) is 18.9 Å². The molecule has 3 nitrogen and oxygen atoms in total. The quantitative estimate of drug-likeness (QED) is 0.850. The number of para-hydroxylation sites is 2. The highest BCUT2D eigenvalue weighted by atomic mass is 14.9. The van der Waals surface area contributed by atoms with Gasteiger partial charge in [-0.15, -0.1) is 0 Å². The summed E-state index contributed by atoms with van der Waals surface area (Å²) in [7, 11) is 2.00. The molecule has 1 saturated carbocycles. The van der Waals surface area contributed by atoms with Crippen LogP contribution < -0.4 is 5.32 Å². The zero-order valence-corrected chi connectivity index (χ0v) is 9.35. The minimum atomic E-state index is 0.372. The topological polar surface area (TPSA) is 37.8 Å². The summed E-state index contributed by atoms with van der Waals surface area (Å²) in [5.41, 5.74) is 3.03. The first-order chi connectivity index (χ1) is 7.88. The zero-order valence-electron chi connectivity index (χ0n) is 9.35. The average molecular weight is 213 g/mol. The van der Waals surface area contributed by atoms with Gasteiger partial charge in [0.05, 0.1) is 29.0 Å². The SMILES string of the molecule is CNC(c1cnc2ccccc2n1)C1CC1. The van der Waals surface area contributed by atoms with Crippen molar-refractivity contribution in [3.63, 3.8) is 0 Å². The monoisotopic (exact) mass is 213 g/mol. The van der Waals surface area contributed by atoms with Gasteiger partial charge in [-0.2, -0.15) is 0 Å². The molecule has 16 heavy (non-hydrogen) atoms. The molecule has 1 heterocycles. The molecule has 0 spiro atoms. The number of aromatic nitrogens is 2. The van der Waals surface area contributed by atoms with Crippen molar-refractivity contribution in [2.75, 3.05) is 7.05 Å². The molecule has 0 radical (unpaired) electrons. The number of rotatable bonds is 3. The Bertz CT molecular complexity index is 505. The Kier molecular flexibility index (Phi) is 2.33. The third-order valence-corrected chi connectivity index (χ3v) is 3.19. The third-order valence-electron chi connectivity index (χ3n) is 3.19. The van der Waals surface area contributed by atoms with E-state index in [1.165, 1.54) is 12.8 Å². The molecule has 1 atom stereocenters. The van der Waals surface area contributed by atoms with Crippen molar-refractivity contribution in [3.05, 3.63) is 36.2 Å². The molecule has 1 unspecified atom stereocenters. The van der Waals surface area contributed by atoms with Gasteiger partial charge in [0.1, 0.15) is 0 Å². The highest BCUT2D eigenvalue weighted by Crippen LogP contribution is 2.40. The van der Waals surface area contributed by atoms with E-state index in [9.17, 15) is 0 Å². The van der Waals surface area contributed by atoms with Gasteiger partial charge in [0.2, 0.25) is 0 Å². The number of nitrogens with zero attached hydrogens (tertiary/aromatic N) is 2. The Labute approximate surface area is 94.9 Å². The van der Waals surface area contributed by atoms with E-state index in [0.717, 1.165) is 22.6 Å². The molecule has 0 bridgehead atoms. The first-order valence-corrected chi connectivity index (χ1v) is 5.77. The van der Waals surface area contributed by atoms with Gasteiger partial charge in [-0.05, 0) is 37.9 Å². The van der Waals surface area contributed by atoms with Gasteiger partial charge in [-0.25, -0.2) is 4.98 Å². The van der Waals surface area contributed by atoms with E-state index in [-0.39, 0.29) is 0 Å². The van der Waals surface area contributed by atoms with Gasteiger partial charge in [-0.1, -0.05) is 12.1 Å². The first-order valence-electron chi connectivity index (χ1n) is 5.77. The predicted octanol–water partition coefficient (Wildman–Crippen LogP) is 2.30. The van der Waals surface area contributed by atoms with Crippen LogP contribution in [0.2, 0.25) is 0 Å². The van der Waals surface area contributed by atoms with Crippen molar-refractivity contribution in [1.82, 2.24) is 15.3 Å². The maximum Gasteiger partial charge on any atom is 0.0890 e. The minimum Gasteiger partial charge on any atom is -0.311 e. The van der Waals surface area contributed by atoms with Crippen molar-refractivity contribution in [3.8, 4) is 0 Å². The van der Waals surface area contributed by atoms with E-state index in [4.69, 9.17) is 0 Å². The maximum atomic E-state index is 4.68. The average Bonchev–Trinajstić information content (AvgIpc) is 3.14. The number of benzene rings is 1. The lowest BCUT2D eigenvalue weighted by Gasteiger charge is -2.14. The van der Waals surface area contributed by atoms with Crippen molar-refractivity contribution < 1.29 is 0 Å². The summed E-state index contributed by atoms with van der Waals surface area (Å²) in [5.74, 6) is 0.750. The number of nitrogens with one attached hydrogen (secondary N) is 1. The second kappa shape index (κ2) is 3.83. The molecule has 2 aromatic rings. The van der Waals surface area contributed by atoms with Crippen LogP contribution in [0.1, 0.15) is 24.6 Å². The van der Waals surface area contributed by atoms with Crippen LogP contribution in [0.5, 0.6) is 0 Å². The van der Waals surface area contributed by atoms with Crippen molar-refractivity contribution in [2.24, 2.45) is 5.92 Å². The largest absolute Gasteiger partial charge is 0.311 e. The first kappa shape index (κ1) is 9.73. The smallest absolute Gasteiger partial charge is 0.0890 e. The summed E-state index contributed by atoms with van der Waals surface area (Å²) >= 11 is 0. The standard InChI is InChI=1S/C13H15N3/c1-14-13(9-6-7-9)12-8-15-10-4-2-3-5-11(10)16-12/h2-5,8-9,13-14H,6-7H2,1H3. The molecule has 1 fully saturated rings. The van der Waals surface area contributed by atoms with E-state index in [0.29, 0.717) is 6.04 Å². The molecule has 1 N–H and O–H groups in total. The molecule has 1 aliphatic rings. The lowest BCUT2D eigenvalue weighted by Crippen LogP contribution is -2.19. The summed E-state index contributed by atoms with van der Waals surface area (Å²) in [4.78, 5) is 9.14. The van der Waals surface area contributed by atoms with E-state index < -0.39 is 0 Å². The summed E-state index contributed by atoms with van der Waals surface area (Å²) in [6.45, 7) is 0. The second-order valence-corrected chi connectivity index (χ2v) is 4.39. The van der Waals surface area contributed by atoms with Crippen LogP contribution in [0.15, 0.2) is 30.5 Å². The Morgan fingerprint density at radius 2 is 2.00 bits per heavy atom. The minimum absolute atomic E-state index is 0.372. The molecule has 1 aromatic heterocycles. The molecule has 82 valence electrons. The van der Waals surface area contributed by atoms with Gasteiger partial charge in [0, 0.05) is 0 Å². The zero-order chi connectivity index (χ0) is 11.0. The summed E-state index contributed by atoms with van der Waals surface area (Å²) < 4.78 is 0. The van der Waals surface area contributed by atoms with Crippen LogP contribution in [0.25, 0.3) is 11.0 Å². The Balaban J connectivity index is 2.03. The van der Waals surface area contributed by atoms with Crippen LogP contribution in [0.4, 0.5) is 0 Å². The second-order valence-electron chi connectivity index (χ2n) is 4.39. The highest BCUT2D eigenvalue weighted by molar-refractivity contribution is 5.73. The Morgan fingerprint density at radius 3 is 2.69 bits per heavy atom. The van der Waals surface area contributed by atoms with Gasteiger partial charge in [0.15, 0.2) is 0 Å². The van der Waals surface area contributed by atoms with Crippen molar-refractivity contribution >= 4 is 11.0 Å². The molecule has 0 amide bonds. The predicted molar refractivity (Wildman–Crippen MR) is 64.1 cm³/mol. The maximum absolute atomic E-state index is 4.68. The molecule has 0 saturated heterocycles. The van der Waals surface area contributed by atoms with E-state index in [2.05, 4.69) is 15.3 Å². The molecule has 3 rings (SSSR count). The fourth-order valence-corrected chi connectivity index (χ4v) is 2.18. The molecular weight excluding hydrogens is 198 g/mol. The van der Waals surface area contributed by atoms with Gasteiger partial charge < -0.3 is 5.32 Å². The lowest BCUT2D eigenvalue weighted by atomic mass is 10.1. The van der Waals surface area contributed by atoms with Crippen LogP contribution >= 0.6 is 0 Å². The van der Waals surface area contributed by atoms with Gasteiger partial charge in [-0.3, -0.25) is 4.98 Å². The van der Waals surface area contributed by atoms with E-state index >= 15 is 0 Å². The van der Waals surface area contributed by atoms with Crippen LogP contribution in [-0.4, -0.2) is 17.0 Å². The van der Waals surface area contributed by atoms with E-state index in [1.807, 2.05) is 37.5 Å². The van der Waals surface area contributed by atoms with Crippen molar-refractivity contribution in [1.29, 1.82) is 0 Å².